The van der Waals surface area contributed by atoms with E-state index in [9.17, 15) is 0 Å². The number of nitrogens with one attached hydrogen (secondary N) is 1. The molecule has 2 nitrogen and oxygen atoms in total. The van der Waals surface area contributed by atoms with Crippen LogP contribution < -0.4 is 5.32 Å². The van der Waals surface area contributed by atoms with Crippen molar-refractivity contribution in [3.63, 3.8) is 0 Å². The lowest BCUT2D eigenvalue weighted by atomic mass is 10.0. The summed E-state index contributed by atoms with van der Waals surface area (Å²) in [6.07, 6.45) is 5.68. The fourth-order valence-electron chi connectivity index (χ4n) is 2.29. The second-order valence-electron chi connectivity index (χ2n) is 4.68. The maximum absolute atomic E-state index is 3.32. The average Bonchev–Trinajstić information content (AvgIpc) is 2.29. The highest BCUT2D eigenvalue weighted by molar-refractivity contribution is 5.22. The zero-order valence-corrected chi connectivity index (χ0v) is 9.31. The summed E-state index contributed by atoms with van der Waals surface area (Å²) in [4.78, 5) is 2.63. The number of rotatable bonds is 2. The smallest absolute Gasteiger partial charge is 0.0193 e. The maximum Gasteiger partial charge on any atom is 0.0193 e. The van der Waals surface area contributed by atoms with Crippen molar-refractivity contribution in [1.29, 1.82) is 0 Å². The molecule has 0 saturated carbocycles. The van der Waals surface area contributed by atoms with Crippen LogP contribution in [0, 0.1) is 0 Å². The summed E-state index contributed by atoms with van der Waals surface area (Å²) in [5.74, 6) is 0. The van der Waals surface area contributed by atoms with E-state index in [2.05, 4.69) is 17.1 Å². The molecule has 1 N–H and O–H groups in total. The Bertz CT molecular complexity index is 206. The quantitative estimate of drug-likeness (QED) is 0.674. The Morgan fingerprint density at radius 3 is 2.29 bits per heavy atom. The Kier molecular flexibility index (Phi) is 3.60. The van der Waals surface area contributed by atoms with Crippen LogP contribution in [0.15, 0.2) is 11.1 Å². The summed E-state index contributed by atoms with van der Waals surface area (Å²) < 4.78 is 0. The van der Waals surface area contributed by atoms with Gasteiger partial charge in [0.15, 0.2) is 0 Å². The lowest BCUT2D eigenvalue weighted by molar-refractivity contribution is 0.307. The molecule has 2 rings (SSSR count). The minimum Gasteiger partial charge on any atom is -0.309 e. The van der Waals surface area contributed by atoms with Crippen molar-refractivity contribution in [2.24, 2.45) is 0 Å². The number of likely N-dealkylation sites (tertiary alicyclic amines) is 1. The van der Waals surface area contributed by atoms with Crippen LogP contribution in [0.5, 0.6) is 0 Å². The molecule has 0 aliphatic carbocycles. The summed E-state index contributed by atoms with van der Waals surface area (Å²) in [5, 5.41) is 3.32. The highest BCUT2D eigenvalue weighted by Crippen LogP contribution is 2.14. The molecule has 2 aliphatic heterocycles. The van der Waals surface area contributed by atoms with E-state index in [0.717, 1.165) is 13.1 Å². The van der Waals surface area contributed by atoms with E-state index in [4.69, 9.17) is 0 Å². The Hall–Kier alpha value is -0.340. The van der Waals surface area contributed by atoms with E-state index < -0.39 is 0 Å². The number of hydrogen-bond acceptors (Lipinski definition) is 2. The van der Waals surface area contributed by atoms with E-state index in [-0.39, 0.29) is 0 Å². The molecule has 14 heavy (non-hydrogen) atoms. The van der Waals surface area contributed by atoms with Crippen LogP contribution in [0.25, 0.3) is 0 Å². The first-order valence-corrected chi connectivity index (χ1v) is 5.97. The van der Waals surface area contributed by atoms with Crippen molar-refractivity contribution < 1.29 is 0 Å². The van der Waals surface area contributed by atoms with Crippen molar-refractivity contribution in [1.82, 2.24) is 10.2 Å². The second kappa shape index (κ2) is 4.94. The van der Waals surface area contributed by atoms with E-state index in [1.54, 1.807) is 11.1 Å². The maximum atomic E-state index is 3.32. The van der Waals surface area contributed by atoms with Crippen molar-refractivity contribution in [3.8, 4) is 0 Å². The normalized spacial score (nSPS) is 24.2. The van der Waals surface area contributed by atoms with E-state index in [1.165, 1.54) is 45.3 Å². The minimum absolute atomic E-state index is 1.14. The first kappa shape index (κ1) is 10.2. The molecule has 2 heterocycles. The van der Waals surface area contributed by atoms with Gasteiger partial charge in [0, 0.05) is 19.6 Å². The average molecular weight is 194 g/mol. The largest absolute Gasteiger partial charge is 0.309 e. The highest BCUT2D eigenvalue weighted by Gasteiger charge is 2.14. The van der Waals surface area contributed by atoms with Crippen molar-refractivity contribution in [3.05, 3.63) is 11.1 Å². The number of nitrogens with zero attached hydrogens (tertiary/aromatic N) is 1. The second-order valence-corrected chi connectivity index (χ2v) is 4.68. The van der Waals surface area contributed by atoms with E-state index in [1.807, 2.05) is 0 Å². The van der Waals surface area contributed by atoms with Crippen LogP contribution in [0.2, 0.25) is 0 Å². The zero-order valence-electron chi connectivity index (χ0n) is 9.31. The molecule has 2 heteroatoms. The predicted octanol–water partition coefficient (Wildman–Crippen LogP) is 1.78. The highest BCUT2D eigenvalue weighted by atomic mass is 15.1. The van der Waals surface area contributed by atoms with E-state index in [0.29, 0.717) is 0 Å². The summed E-state index contributed by atoms with van der Waals surface area (Å²) in [6.45, 7) is 8.44. The van der Waals surface area contributed by atoms with Crippen LogP contribution in [0.4, 0.5) is 0 Å². The minimum atomic E-state index is 1.14. The van der Waals surface area contributed by atoms with Crippen molar-refractivity contribution in [2.45, 2.75) is 32.6 Å². The Morgan fingerprint density at radius 2 is 1.79 bits per heavy atom. The fraction of sp³-hybridized carbons (Fsp3) is 0.833. The van der Waals surface area contributed by atoms with Crippen LogP contribution in [-0.2, 0) is 0 Å². The third kappa shape index (κ3) is 2.58. The molecular formula is C12H22N2. The molecule has 0 aromatic rings. The van der Waals surface area contributed by atoms with Crippen LogP contribution in [0.1, 0.15) is 32.6 Å². The van der Waals surface area contributed by atoms with Gasteiger partial charge in [-0.15, -0.1) is 0 Å². The third-order valence-corrected chi connectivity index (χ3v) is 3.44. The van der Waals surface area contributed by atoms with Crippen molar-refractivity contribution >= 4 is 0 Å². The summed E-state index contributed by atoms with van der Waals surface area (Å²) in [5.41, 5.74) is 3.26. The zero-order chi connectivity index (χ0) is 9.80. The molecule has 0 aromatic carbocycles. The first-order valence-electron chi connectivity index (χ1n) is 5.97. The topological polar surface area (TPSA) is 15.3 Å². The molecule has 0 spiro atoms. The molecule has 80 valence electrons. The Morgan fingerprint density at radius 1 is 1.14 bits per heavy atom. The van der Waals surface area contributed by atoms with Gasteiger partial charge in [0.2, 0.25) is 0 Å². The van der Waals surface area contributed by atoms with Gasteiger partial charge in [0.25, 0.3) is 0 Å². The predicted molar refractivity (Wildman–Crippen MR) is 60.5 cm³/mol. The lowest BCUT2D eigenvalue weighted by Gasteiger charge is -2.26. The molecule has 0 radical (unpaired) electrons. The standard InChI is InChI=1S/C12H22N2/c1-11(12-8-13-9-12)10-14-6-4-2-3-5-7-14/h13H,2-10H2,1H3. The lowest BCUT2D eigenvalue weighted by Crippen LogP contribution is -2.37. The summed E-state index contributed by atoms with van der Waals surface area (Å²) in [6, 6.07) is 0. The van der Waals surface area contributed by atoms with Gasteiger partial charge >= 0.3 is 0 Å². The third-order valence-electron chi connectivity index (χ3n) is 3.44. The SMILES string of the molecule is CC(CN1CCCCCC1)=C1CNC1. The van der Waals surface area contributed by atoms with Gasteiger partial charge in [-0.2, -0.15) is 0 Å². The molecule has 0 bridgehead atoms. The molecule has 0 atom stereocenters. The van der Waals surface area contributed by atoms with Gasteiger partial charge in [0.05, 0.1) is 0 Å². The molecular weight excluding hydrogens is 172 g/mol. The first-order chi connectivity index (χ1) is 6.86. The molecule has 2 saturated heterocycles. The molecule has 0 aromatic heterocycles. The van der Waals surface area contributed by atoms with E-state index >= 15 is 0 Å². The van der Waals surface area contributed by atoms with Gasteiger partial charge in [-0.3, -0.25) is 4.90 Å². The van der Waals surface area contributed by atoms with Gasteiger partial charge < -0.3 is 5.32 Å². The van der Waals surface area contributed by atoms with Crippen molar-refractivity contribution in [2.75, 3.05) is 32.7 Å². The number of hydrogen-bond donors (Lipinski definition) is 1. The molecule has 0 unspecified atom stereocenters. The molecule has 0 amide bonds. The molecule has 2 fully saturated rings. The monoisotopic (exact) mass is 194 g/mol. The van der Waals surface area contributed by atoms with Gasteiger partial charge in [-0.25, -0.2) is 0 Å². The van der Waals surface area contributed by atoms with Crippen LogP contribution >= 0.6 is 0 Å². The van der Waals surface area contributed by atoms with Gasteiger partial charge in [-0.05, 0) is 38.4 Å². The fourth-order valence-corrected chi connectivity index (χ4v) is 2.29. The molecule has 2 aliphatic rings. The van der Waals surface area contributed by atoms with Crippen LogP contribution in [0.3, 0.4) is 0 Å². The summed E-state index contributed by atoms with van der Waals surface area (Å²) >= 11 is 0. The Balaban J connectivity index is 1.82. The summed E-state index contributed by atoms with van der Waals surface area (Å²) in [7, 11) is 0. The van der Waals surface area contributed by atoms with Gasteiger partial charge in [-0.1, -0.05) is 18.4 Å². The van der Waals surface area contributed by atoms with Crippen LogP contribution in [-0.4, -0.2) is 37.6 Å². The Labute approximate surface area is 87.4 Å². The van der Waals surface area contributed by atoms with Gasteiger partial charge in [0.1, 0.15) is 0 Å².